The van der Waals surface area contributed by atoms with E-state index in [1.807, 2.05) is 0 Å². The molecule has 0 aromatic carbocycles. The third kappa shape index (κ3) is 2.64. The zero-order valence-corrected chi connectivity index (χ0v) is 7.76. The summed E-state index contributed by atoms with van der Waals surface area (Å²) >= 11 is 0. The van der Waals surface area contributed by atoms with E-state index in [0.717, 1.165) is 6.92 Å². The Kier molecular flexibility index (Phi) is 3.94. The van der Waals surface area contributed by atoms with Gasteiger partial charge in [0.25, 0.3) is 0 Å². The summed E-state index contributed by atoms with van der Waals surface area (Å²) in [5.74, 6) is -0.708. The third-order valence-electron chi connectivity index (χ3n) is 1.58. The molecule has 0 heterocycles. The first kappa shape index (κ1) is 12.3. The Morgan fingerprint density at radius 2 is 1.79 bits per heavy atom. The number of ether oxygens (including phenoxy) is 1. The first-order chi connectivity index (χ1) is 6.34. The Labute approximate surface area is 79.1 Å². The lowest BCUT2D eigenvalue weighted by atomic mass is 10.2. The molecule has 0 aromatic rings. The quantitative estimate of drug-likeness (QED) is 0.275. The monoisotopic (exact) mass is 206 g/mol. The number of rotatable bonds is 5. The molecule has 0 aliphatic rings. The lowest BCUT2D eigenvalue weighted by Crippen LogP contribution is -2.47. The Bertz CT molecular complexity index is 249. The van der Waals surface area contributed by atoms with E-state index in [1.165, 1.54) is 6.92 Å². The van der Waals surface area contributed by atoms with Crippen LogP contribution in [0.4, 0.5) is 0 Å². The van der Waals surface area contributed by atoms with Gasteiger partial charge in [0, 0.05) is 6.42 Å². The van der Waals surface area contributed by atoms with Crippen molar-refractivity contribution >= 4 is 5.97 Å². The van der Waals surface area contributed by atoms with Crippen LogP contribution < -0.4 is 0 Å². The summed E-state index contributed by atoms with van der Waals surface area (Å²) in [6.45, 7) is 1.41. The van der Waals surface area contributed by atoms with Crippen molar-refractivity contribution < 1.29 is 19.4 Å². The maximum atomic E-state index is 10.6. The van der Waals surface area contributed by atoms with Crippen molar-refractivity contribution in [3.05, 3.63) is 20.2 Å². The molecule has 0 fully saturated rings. The summed E-state index contributed by atoms with van der Waals surface area (Å²) in [5.41, 5.74) is -2.47. The molecule has 0 saturated carbocycles. The fourth-order valence-electron chi connectivity index (χ4n) is 0.491. The molecule has 14 heavy (non-hydrogen) atoms. The highest BCUT2D eigenvalue weighted by atomic mass is 16.7. The molecule has 80 valence electrons. The fraction of sp³-hybridized carbons (Fsp3) is 0.833. The van der Waals surface area contributed by atoms with E-state index in [0.29, 0.717) is 0 Å². The van der Waals surface area contributed by atoms with Gasteiger partial charge in [0.15, 0.2) is 0 Å². The van der Waals surface area contributed by atoms with Crippen molar-refractivity contribution in [3.63, 3.8) is 0 Å². The average molecular weight is 206 g/mol. The van der Waals surface area contributed by atoms with Crippen LogP contribution >= 0.6 is 0 Å². The SMILES string of the molecule is CCC(=O)OCC(C)([N+](=O)[O-])[N+](=O)[O-]. The summed E-state index contributed by atoms with van der Waals surface area (Å²) < 4.78 is 4.36. The number of carbonyl (C=O) groups excluding carboxylic acids is 1. The van der Waals surface area contributed by atoms with Gasteiger partial charge in [-0.25, -0.2) is 0 Å². The zero-order chi connectivity index (χ0) is 11.4. The molecule has 0 spiro atoms. The molecule has 0 aliphatic carbocycles. The van der Waals surface area contributed by atoms with Gasteiger partial charge in [-0.05, 0) is 0 Å². The van der Waals surface area contributed by atoms with Gasteiger partial charge >= 0.3 is 11.6 Å². The van der Waals surface area contributed by atoms with Crippen LogP contribution in [-0.2, 0) is 9.53 Å². The summed E-state index contributed by atoms with van der Waals surface area (Å²) in [6.07, 6.45) is 0.0194. The Hall–Kier alpha value is -1.73. The van der Waals surface area contributed by atoms with Crippen molar-refractivity contribution in [2.45, 2.75) is 25.9 Å². The largest absolute Gasteiger partial charge is 0.488 e. The van der Waals surface area contributed by atoms with E-state index in [-0.39, 0.29) is 6.42 Å². The highest BCUT2D eigenvalue weighted by Gasteiger charge is 2.52. The number of nitrogens with zero attached hydrogens (tertiary/aromatic N) is 2. The van der Waals surface area contributed by atoms with Crippen molar-refractivity contribution in [2.24, 2.45) is 0 Å². The molecule has 0 unspecified atom stereocenters. The predicted octanol–water partition coefficient (Wildman–Crippen LogP) is 0.209. The zero-order valence-electron chi connectivity index (χ0n) is 7.76. The Morgan fingerprint density at radius 1 is 1.36 bits per heavy atom. The van der Waals surface area contributed by atoms with Crippen LogP contribution in [0, 0.1) is 20.2 Å². The third-order valence-corrected chi connectivity index (χ3v) is 1.58. The summed E-state index contributed by atoms with van der Waals surface area (Å²) in [5, 5.41) is 20.7. The van der Waals surface area contributed by atoms with Crippen LogP contribution in [0.2, 0.25) is 0 Å². The maximum Gasteiger partial charge on any atom is 0.488 e. The first-order valence-electron chi connectivity index (χ1n) is 3.79. The van der Waals surface area contributed by atoms with Crippen LogP contribution in [0.15, 0.2) is 0 Å². The van der Waals surface area contributed by atoms with Gasteiger partial charge in [-0.15, -0.1) is 0 Å². The van der Waals surface area contributed by atoms with Crippen LogP contribution in [0.5, 0.6) is 0 Å². The van der Waals surface area contributed by atoms with Crippen molar-refractivity contribution in [1.82, 2.24) is 0 Å². The molecule has 8 heteroatoms. The van der Waals surface area contributed by atoms with Crippen LogP contribution in [0.25, 0.3) is 0 Å². The lowest BCUT2D eigenvalue weighted by molar-refractivity contribution is -0.793. The number of nitro groups is 2. The van der Waals surface area contributed by atoms with Crippen LogP contribution in [0.1, 0.15) is 20.3 Å². The molecule has 0 N–H and O–H groups in total. The molecule has 0 rings (SSSR count). The normalized spacial score (nSPS) is 10.7. The van der Waals surface area contributed by atoms with Gasteiger partial charge in [-0.2, -0.15) is 0 Å². The molecule has 0 saturated heterocycles. The lowest BCUT2D eigenvalue weighted by Gasteiger charge is -2.11. The van der Waals surface area contributed by atoms with E-state index < -0.39 is 28.1 Å². The van der Waals surface area contributed by atoms with Crippen molar-refractivity contribution in [1.29, 1.82) is 0 Å². The van der Waals surface area contributed by atoms with Crippen molar-refractivity contribution in [2.75, 3.05) is 6.61 Å². The fourth-order valence-corrected chi connectivity index (χ4v) is 0.491. The topological polar surface area (TPSA) is 113 Å². The minimum Gasteiger partial charge on any atom is -0.450 e. The highest BCUT2D eigenvalue weighted by Crippen LogP contribution is 2.10. The number of carbonyl (C=O) groups is 1. The minimum atomic E-state index is -2.47. The standard InChI is InChI=1S/C6H10N2O6/c1-3-5(9)14-4-6(2,7(10)11)8(12)13/h3-4H2,1-2H3. The second kappa shape index (κ2) is 4.49. The maximum absolute atomic E-state index is 10.6. The van der Waals surface area contributed by atoms with E-state index in [4.69, 9.17) is 0 Å². The number of esters is 1. The Morgan fingerprint density at radius 3 is 2.07 bits per heavy atom. The molecule has 0 bridgehead atoms. The van der Waals surface area contributed by atoms with Gasteiger partial charge in [0.05, 0.1) is 6.92 Å². The first-order valence-corrected chi connectivity index (χ1v) is 3.79. The second-order valence-corrected chi connectivity index (χ2v) is 2.75. The predicted molar refractivity (Wildman–Crippen MR) is 43.6 cm³/mol. The highest BCUT2D eigenvalue weighted by molar-refractivity contribution is 5.68. The molecular weight excluding hydrogens is 196 g/mol. The molecule has 0 aromatic heterocycles. The molecule has 0 atom stereocenters. The van der Waals surface area contributed by atoms with Gasteiger partial charge in [-0.3, -0.25) is 25.0 Å². The molecule has 0 aliphatic heterocycles. The van der Waals surface area contributed by atoms with Gasteiger partial charge < -0.3 is 4.74 Å². The minimum absolute atomic E-state index is 0.0194. The van der Waals surface area contributed by atoms with E-state index in [9.17, 15) is 25.0 Å². The van der Waals surface area contributed by atoms with E-state index >= 15 is 0 Å². The van der Waals surface area contributed by atoms with Crippen molar-refractivity contribution in [3.8, 4) is 0 Å². The van der Waals surface area contributed by atoms with Gasteiger partial charge in [0.2, 0.25) is 6.61 Å². The smallest absolute Gasteiger partial charge is 0.450 e. The van der Waals surface area contributed by atoms with E-state index in [2.05, 4.69) is 4.74 Å². The number of hydrogen-bond donors (Lipinski definition) is 0. The summed E-state index contributed by atoms with van der Waals surface area (Å²) in [4.78, 5) is 29.1. The molecule has 0 amide bonds. The van der Waals surface area contributed by atoms with Gasteiger partial charge in [0.1, 0.15) is 9.85 Å². The van der Waals surface area contributed by atoms with E-state index in [1.54, 1.807) is 0 Å². The average Bonchev–Trinajstić information content (AvgIpc) is 2.12. The molecular formula is C6H10N2O6. The van der Waals surface area contributed by atoms with Crippen LogP contribution in [0.3, 0.4) is 0 Å². The second-order valence-electron chi connectivity index (χ2n) is 2.75. The molecule has 8 nitrogen and oxygen atoms in total. The Balaban J connectivity index is 4.47. The summed E-state index contributed by atoms with van der Waals surface area (Å²) in [7, 11) is 0. The summed E-state index contributed by atoms with van der Waals surface area (Å²) in [6, 6.07) is 0. The van der Waals surface area contributed by atoms with Gasteiger partial charge in [-0.1, -0.05) is 6.92 Å². The molecule has 0 radical (unpaired) electrons. The van der Waals surface area contributed by atoms with Crippen LogP contribution in [-0.4, -0.2) is 28.1 Å². The number of hydrogen-bond acceptors (Lipinski definition) is 6.